The first kappa shape index (κ1) is 27.0. The molecule has 3 N–H and O–H groups in total. The maximum atomic E-state index is 12.8. The van der Waals surface area contributed by atoms with Gasteiger partial charge in [0.2, 0.25) is 5.91 Å². The zero-order valence-corrected chi connectivity index (χ0v) is 22.6. The van der Waals surface area contributed by atoms with Gasteiger partial charge in [-0.1, -0.05) is 55.1 Å². The lowest BCUT2D eigenvalue weighted by atomic mass is 9.89. The number of amides is 1. The van der Waals surface area contributed by atoms with Crippen LogP contribution in [0.4, 0.5) is 0 Å². The number of aromatic nitrogens is 1. The summed E-state index contributed by atoms with van der Waals surface area (Å²) in [6, 6.07) is 15.3. The van der Waals surface area contributed by atoms with Crippen molar-refractivity contribution in [1.29, 1.82) is 0 Å². The Kier molecular flexibility index (Phi) is 9.38. The van der Waals surface area contributed by atoms with E-state index >= 15 is 0 Å². The second-order valence-electron chi connectivity index (χ2n) is 10.7. The van der Waals surface area contributed by atoms with Crippen molar-refractivity contribution >= 4 is 40.8 Å². The Morgan fingerprint density at radius 1 is 1.00 bits per heavy atom. The number of nitrogens with two attached hydrogens (primary N) is 1. The molecule has 5 rings (SSSR count). The number of hydrogen-bond acceptors (Lipinski definition) is 2. The normalized spacial score (nSPS) is 20.7. The van der Waals surface area contributed by atoms with Gasteiger partial charge in [-0.3, -0.25) is 4.79 Å². The van der Waals surface area contributed by atoms with Crippen LogP contribution in [-0.2, 0) is 17.8 Å². The van der Waals surface area contributed by atoms with E-state index in [1.165, 1.54) is 48.6 Å². The van der Waals surface area contributed by atoms with Gasteiger partial charge in [-0.15, -0.1) is 12.4 Å². The molecular formula is C30H39Cl2N3O. The van der Waals surface area contributed by atoms with Crippen LogP contribution in [0.3, 0.4) is 0 Å². The summed E-state index contributed by atoms with van der Waals surface area (Å²) >= 11 is 6.52. The topological polar surface area (TPSA) is 60.0 Å². The molecule has 4 nitrogen and oxygen atoms in total. The Hall–Kier alpha value is -2.01. The van der Waals surface area contributed by atoms with Gasteiger partial charge in [0.1, 0.15) is 0 Å². The lowest BCUT2D eigenvalue weighted by Crippen LogP contribution is -2.40. The molecule has 2 aliphatic rings. The van der Waals surface area contributed by atoms with Gasteiger partial charge in [0, 0.05) is 52.7 Å². The van der Waals surface area contributed by atoms with Crippen LogP contribution in [0.25, 0.3) is 22.0 Å². The number of nitrogens with zero attached hydrogens (tertiary/aromatic N) is 1. The lowest BCUT2D eigenvalue weighted by Gasteiger charge is -2.26. The van der Waals surface area contributed by atoms with E-state index in [-0.39, 0.29) is 24.4 Å². The van der Waals surface area contributed by atoms with Gasteiger partial charge in [0.15, 0.2) is 0 Å². The van der Waals surface area contributed by atoms with E-state index in [4.69, 9.17) is 17.3 Å². The van der Waals surface area contributed by atoms with Crippen LogP contribution in [-0.4, -0.2) is 22.6 Å². The molecule has 0 aliphatic heterocycles. The molecule has 2 aliphatic carbocycles. The van der Waals surface area contributed by atoms with E-state index < -0.39 is 0 Å². The van der Waals surface area contributed by atoms with Crippen molar-refractivity contribution in [2.75, 3.05) is 0 Å². The summed E-state index contributed by atoms with van der Waals surface area (Å²) in [6.07, 6.45) is 14.3. The van der Waals surface area contributed by atoms with Gasteiger partial charge in [0.05, 0.1) is 0 Å². The predicted molar refractivity (Wildman–Crippen MR) is 153 cm³/mol. The third kappa shape index (κ3) is 6.45. The van der Waals surface area contributed by atoms with Gasteiger partial charge >= 0.3 is 0 Å². The number of fused-ring (bicyclic) bond motifs is 1. The fourth-order valence-corrected chi connectivity index (χ4v) is 6.29. The van der Waals surface area contributed by atoms with Crippen molar-refractivity contribution in [3.63, 3.8) is 0 Å². The Balaban J connectivity index is 0.00000304. The summed E-state index contributed by atoms with van der Waals surface area (Å²) in [7, 11) is 0. The highest BCUT2D eigenvalue weighted by Gasteiger charge is 2.21. The van der Waals surface area contributed by atoms with Crippen LogP contribution in [0, 0.1) is 5.92 Å². The molecule has 1 amide bonds. The molecule has 2 aromatic carbocycles. The largest absolute Gasteiger partial charge is 0.353 e. The van der Waals surface area contributed by atoms with E-state index in [2.05, 4.69) is 40.3 Å². The molecular weight excluding hydrogens is 489 g/mol. The Bertz CT molecular complexity index is 1160. The molecule has 0 bridgehead atoms. The second-order valence-corrected chi connectivity index (χ2v) is 11.1. The molecule has 2 fully saturated rings. The molecule has 0 atom stereocenters. The SMILES string of the molecule is Cl.NC1CCC(NC(=O)CCc2cn(CC3CCCCC3)c3ccc(-c4ccccc4Cl)cc23)CC1. The zero-order valence-electron chi connectivity index (χ0n) is 21.1. The predicted octanol–water partition coefficient (Wildman–Crippen LogP) is 7.28. The molecule has 2 saturated carbocycles. The number of benzene rings is 2. The highest BCUT2D eigenvalue weighted by atomic mass is 35.5. The first-order chi connectivity index (χ1) is 17.1. The van der Waals surface area contributed by atoms with Crippen molar-refractivity contribution in [1.82, 2.24) is 9.88 Å². The van der Waals surface area contributed by atoms with Crippen LogP contribution in [0.5, 0.6) is 0 Å². The molecule has 6 heteroatoms. The average molecular weight is 529 g/mol. The first-order valence-electron chi connectivity index (χ1n) is 13.5. The van der Waals surface area contributed by atoms with Crippen molar-refractivity contribution in [2.24, 2.45) is 11.7 Å². The number of nitrogens with one attached hydrogen (secondary N) is 1. The van der Waals surface area contributed by atoms with E-state index in [0.717, 1.165) is 60.7 Å². The van der Waals surface area contributed by atoms with E-state index in [1.54, 1.807) is 0 Å². The van der Waals surface area contributed by atoms with Crippen molar-refractivity contribution in [3.8, 4) is 11.1 Å². The fourth-order valence-electron chi connectivity index (χ4n) is 6.04. The van der Waals surface area contributed by atoms with Gasteiger partial charge < -0.3 is 15.6 Å². The number of carbonyl (C=O) groups is 1. The third-order valence-corrected chi connectivity index (χ3v) is 8.42. The molecule has 194 valence electrons. The van der Waals surface area contributed by atoms with Gasteiger partial charge in [-0.25, -0.2) is 0 Å². The monoisotopic (exact) mass is 527 g/mol. The van der Waals surface area contributed by atoms with Crippen LogP contribution in [0.15, 0.2) is 48.7 Å². The minimum atomic E-state index is 0. The third-order valence-electron chi connectivity index (χ3n) is 8.09. The molecule has 0 radical (unpaired) electrons. The summed E-state index contributed by atoms with van der Waals surface area (Å²) in [6.45, 7) is 1.07. The van der Waals surface area contributed by atoms with Crippen LogP contribution >= 0.6 is 24.0 Å². The quantitative estimate of drug-likeness (QED) is 0.339. The molecule has 36 heavy (non-hydrogen) atoms. The second kappa shape index (κ2) is 12.5. The maximum absolute atomic E-state index is 12.8. The van der Waals surface area contributed by atoms with Crippen molar-refractivity contribution in [2.45, 2.75) is 89.3 Å². The van der Waals surface area contributed by atoms with Crippen LogP contribution < -0.4 is 11.1 Å². The highest BCUT2D eigenvalue weighted by Crippen LogP contribution is 2.34. The first-order valence-corrected chi connectivity index (χ1v) is 13.9. The standard InChI is InChI=1S/C30H38ClN3O.ClH/c31-28-9-5-4-8-26(28)22-10-16-29-27(18-22)23(20-34(29)19-21-6-2-1-3-7-21)11-17-30(35)33-25-14-12-24(32)13-15-25;/h4-5,8-10,16,18,20-21,24-25H,1-3,6-7,11-15,17,19,32H2,(H,33,35);1H. The Morgan fingerprint density at radius 3 is 2.50 bits per heavy atom. The summed E-state index contributed by atoms with van der Waals surface area (Å²) in [4.78, 5) is 12.8. The molecule has 1 aromatic heterocycles. The Morgan fingerprint density at radius 2 is 1.75 bits per heavy atom. The number of aryl methyl sites for hydroxylation is 1. The molecule has 0 unspecified atom stereocenters. The highest BCUT2D eigenvalue weighted by molar-refractivity contribution is 6.33. The minimum absolute atomic E-state index is 0. The van der Waals surface area contributed by atoms with E-state index in [0.29, 0.717) is 12.5 Å². The summed E-state index contributed by atoms with van der Waals surface area (Å²) in [5.74, 6) is 0.900. The van der Waals surface area contributed by atoms with Gasteiger partial charge in [-0.05, 0) is 80.2 Å². The number of halogens is 2. The van der Waals surface area contributed by atoms with E-state index in [9.17, 15) is 4.79 Å². The zero-order chi connectivity index (χ0) is 24.2. The van der Waals surface area contributed by atoms with Crippen LogP contribution in [0.1, 0.15) is 69.8 Å². The van der Waals surface area contributed by atoms with Gasteiger partial charge in [0.25, 0.3) is 0 Å². The molecule has 0 spiro atoms. The number of rotatable bonds is 7. The summed E-state index contributed by atoms with van der Waals surface area (Å²) < 4.78 is 2.44. The maximum Gasteiger partial charge on any atom is 0.220 e. The Labute approximate surface area is 226 Å². The van der Waals surface area contributed by atoms with Crippen molar-refractivity contribution < 1.29 is 4.79 Å². The number of carbonyl (C=O) groups excluding carboxylic acids is 1. The smallest absolute Gasteiger partial charge is 0.220 e. The molecule has 0 saturated heterocycles. The van der Waals surface area contributed by atoms with Crippen molar-refractivity contribution in [3.05, 3.63) is 59.2 Å². The average Bonchev–Trinajstić information content (AvgIpc) is 3.21. The lowest BCUT2D eigenvalue weighted by molar-refractivity contribution is -0.122. The number of hydrogen-bond donors (Lipinski definition) is 2. The summed E-state index contributed by atoms with van der Waals surface area (Å²) in [5, 5.41) is 5.27. The minimum Gasteiger partial charge on any atom is -0.353 e. The molecule has 3 aromatic rings. The fraction of sp³-hybridized carbons (Fsp3) is 0.500. The summed E-state index contributed by atoms with van der Waals surface area (Å²) in [5.41, 5.74) is 10.7. The van der Waals surface area contributed by atoms with Gasteiger partial charge in [-0.2, -0.15) is 0 Å². The van der Waals surface area contributed by atoms with Crippen LogP contribution in [0.2, 0.25) is 5.02 Å². The van der Waals surface area contributed by atoms with E-state index in [1.807, 2.05) is 18.2 Å². The molecule has 1 heterocycles.